The monoisotopic (exact) mass is 191 g/mol. The quantitative estimate of drug-likeness (QED) is 0.516. The molecule has 0 spiro atoms. The number of alkyl halides is 3. The van der Waals surface area contributed by atoms with Crippen molar-refractivity contribution in [1.29, 1.82) is 0 Å². The van der Waals surface area contributed by atoms with Gasteiger partial charge in [0.1, 0.15) is 0 Å². The highest BCUT2D eigenvalue weighted by atomic mass is 19.4. The fraction of sp³-hybridized carbons (Fsp3) is 0.375. The molecule has 0 fully saturated rings. The van der Waals surface area contributed by atoms with Gasteiger partial charge >= 0.3 is 6.18 Å². The van der Waals surface area contributed by atoms with Crippen molar-refractivity contribution >= 4 is 5.91 Å². The molecule has 0 aliphatic carbocycles. The normalized spacial score (nSPS) is 12.1. The molecule has 2 nitrogen and oxygen atoms in total. The number of amides is 1. The third-order valence-corrected chi connectivity index (χ3v) is 1.16. The molecule has 0 aliphatic heterocycles. The molecule has 0 unspecified atom stereocenters. The van der Waals surface area contributed by atoms with E-state index < -0.39 is 17.7 Å². The second-order valence-corrected chi connectivity index (χ2v) is 2.25. The van der Waals surface area contributed by atoms with Crippen LogP contribution in [0.2, 0.25) is 0 Å². The molecule has 0 aromatic heterocycles. The van der Waals surface area contributed by atoms with Crippen LogP contribution >= 0.6 is 0 Å². The lowest BCUT2D eigenvalue weighted by molar-refractivity contribution is -0.117. The Hall–Kier alpha value is -1.44. The van der Waals surface area contributed by atoms with Crippen molar-refractivity contribution in [3.63, 3.8) is 0 Å². The predicted molar refractivity (Wildman–Crippen MR) is 41.7 cm³/mol. The summed E-state index contributed by atoms with van der Waals surface area (Å²) in [6, 6.07) is 0. The van der Waals surface area contributed by atoms with E-state index in [2.05, 4.69) is 11.2 Å². The Bertz CT molecular complexity index is 260. The molecule has 1 N–H and O–H groups in total. The number of terminal acetylenes is 1. The minimum Gasteiger partial charge on any atom is -0.342 e. The van der Waals surface area contributed by atoms with E-state index in [-0.39, 0.29) is 6.54 Å². The van der Waals surface area contributed by atoms with Crippen LogP contribution in [-0.2, 0) is 4.79 Å². The summed E-state index contributed by atoms with van der Waals surface area (Å²) in [5, 5.41) is 2.08. The minimum absolute atomic E-state index is 0.0829. The Kier molecular flexibility index (Phi) is 4.05. The number of allylic oxidation sites excluding steroid dienone is 1. The molecule has 0 aliphatic rings. The SMILES string of the molecule is C#CCNC(=O)C=C(C)C(F)(F)F. The van der Waals surface area contributed by atoms with Crippen LogP contribution in [0.3, 0.4) is 0 Å². The van der Waals surface area contributed by atoms with Gasteiger partial charge in [-0.3, -0.25) is 4.79 Å². The molecule has 72 valence electrons. The first-order valence-electron chi connectivity index (χ1n) is 3.34. The Balaban J connectivity index is 4.25. The van der Waals surface area contributed by atoms with Crippen molar-refractivity contribution in [3.05, 3.63) is 11.6 Å². The van der Waals surface area contributed by atoms with Crippen LogP contribution in [0.25, 0.3) is 0 Å². The van der Waals surface area contributed by atoms with Gasteiger partial charge in [-0.2, -0.15) is 13.2 Å². The van der Waals surface area contributed by atoms with Crippen molar-refractivity contribution in [2.75, 3.05) is 6.54 Å². The summed E-state index contributed by atoms with van der Waals surface area (Å²) in [7, 11) is 0. The second kappa shape index (κ2) is 4.55. The molecule has 0 saturated carbocycles. The molecule has 0 bridgehead atoms. The highest BCUT2D eigenvalue weighted by Gasteiger charge is 2.30. The van der Waals surface area contributed by atoms with Gasteiger partial charge in [0.05, 0.1) is 6.54 Å². The van der Waals surface area contributed by atoms with Crippen LogP contribution in [-0.4, -0.2) is 18.6 Å². The molecule has 0 saturated heterocycles. The van der Waals surface area contributed by atoms with Crippen molar-refractivity contribution < 1.29 is 18.0 Å². The van der Waals surface area contributed by atoms with Gasteiger partial charge < -0.3 is 5.32 Å². The van der Waals surface area contributed by atoms with Crippen LogP contribution in [0.4, 0.5) is 13.2 Å². The summed E-state index contributed by atoms with van der Waals surface area (Å²) >= 11 is 0. The average Bonchev–Trinajstić information content (AvgIpc) is 1.99. The highest BCUT2D eigenvalue weighted by Crippen LogP contribution is 2.24. The molecular weight excluding hydrogens is 183 g/mol. The zero-order chi connectivity index (χ0) is 10.5. The number of rotatable bonds is 2. The molecule has 0 aromatic carbocycles. The number of halogens is 3. The Labute approximate surface area is 73.8 Å². The first kappa shape index (κ1) is 11.6. The summed E-state index contributed by atoms with van der Waals surface area (Å²) in [6.07, 6.45) is 0.791. The number of nitrogens with one attached hydrogen (secondary N) is 1. The van der Waals surface area contributed by atoms with E-state index in [1.807, 2.05) is 0 Å². The molecular formula is C8H8F3NO. The van der Waals surface area contributed by atoms with E-state index in [1.54, 1.807) is 0 Å². The first-order valence-corrected chi connectivity index (χ1v) is 3.34. The summed E-state index contributed by atoms with van der Waals surface area (Å²) in [5.74, 6) is 1.23. The van der Waals surface area contributed by atoms with E-state index >= 15 is 0 Å². The fourth-order valence-corrected chi connectivity index (χ4v) is 0.468. The standard InChI is InChI=1S/C8H8F3NO/c1-3-4-12-7(13)5-6(2)8(9,10)11/h1,5H,4H2,2H3,(H,12,13). The number of hydrogen-bond acceptors (Lipinski definition) is 1. The van der Waals surface area contributed by atoms with E-state index in [0.717, 1.165) is 6.92 Å². The Morgan fingerprint density at radius 3 is 2.54 bits per heavy atom. The van der Waals surface area contributed by atoms with Gasteiger partial charge in [-0.15, -0.1) is 6.42 Å². The molecule has 5 heteroatoms. The van der Waals surface area contributed by atoms with Crippen molar-refractivity contribution in [3.8, 4) is 12.3 Å². The summed E-state index contributed by atoms with van der Waals surface area (Å²) in [5.41, 5.74) is -0.956. The number of carbonyl (C=O) groups is 1. The van der Waals surface area contributed by atoms with Gasteiger partial charge in [0.15, 0.2) is 0 Å². The lowest BCUT2D eigenvalue weighted by Gasteiger charge is -2.05. The maximum Gasteiger partial charge on any atom is 0.412 e. The predicted octanol–water partition coefficient (Wildman–Crippen LogP) is 1.24. The molecule has 0 radical (unpaired) electrons. The van der Waals surface area contributed by atoms with Crippen molar-refractivity contribution in [2.24, 2.45) is 0 Å². The van der Waals surface area contributed by atoms with Gasteiger partial charge in [-0.05, 0) is 6.92 Å². The van der Waals surface area contributed by atoms with Crippen molar-refractivity contribution in [2.45, 2.75) is 13.1 Å². The van der Waals surface area contributed by atoms with Gasteiger partial charge in [0.2, 0.25) is 5.91 Å². The highest BCUT2D eigenvalue weighted by molar-refractivity contribution is 5.88. The first-order chi connectivity index (χ1) is 5.88. The van der Waals surface area contributed by atoms with Crippen LogP contribution in [0.15, 0.2) is 11.6 Å². The van der Waals surface area contributed by atoms with Gasteiger partial charge in [-0.1, -0.05) is 5.92 Å². The van der Waals surface area contributed by atoms with E-state index in [4.69, 9.17) is 6.42 Å². The maximum absolute atomic E-state index is 11.8. The van der Waals surface area contributed by atoms with Gasteiger partial charge in [-0.25, -0.2) is 0 Å². The smallest absolute Gasteiger partial charge is 0.342 e. The Morgan fingerprint density at radius 2 is 2.15 bits per heavy atom. The van der Waals surface area contributed by atoms with Crippen LogP contribution in [0.5, 0.6) is 0 Å². The minimum atomic E-state index is -4.46. The van der Waals surface area contributed by atoms with E-state index in [0.29, 0.717) is 6.08 Å². The molecule has 0 aromatic rings. The summed E-state index contributed by atoms with van der Waals surface area (Å²) < 4.78 is 35.5. The van der Waals surface area contributed by atoms with Crippen LogP contribution in [0, 0.1) is 12.3 Å². The van der Waals surface area contributed by atoms with E-state index in [1.165, 1.54) is 0 Å². The molecule has 0 rings (SSSR count). The topological polar surface area (TPSA) is 29.1 Å². The fourth-order valence-electron chi connectivity index (χ4n) is 0.468. The third-order valence-electron chi connectivity index (χ3n) is 1.16. The second-order valence-electron chi connectivity index (χ2n) is 2.25. The van der Waals surface area contributed by atoms with Gasteiger partial charge in [0, 0.05) is 11.6 Å². The average molecular weight is 191 g/mol. The van der Waals surface area contributed by atoms with Crippen LogP contribution in [0.1, 0.15) is 6.92 Å². The number of hydrogen-bond donors (Lipinski definition) is 1. The zero-order valence-electron chi connectivity index (χ0n) is 6.90. The maximum atomic E-state index is 11.8. The molecule has 1 amide bonds. The van der Waals surface area contributed by atoms with Crippen molar-refractivity contribution in [1.82, 2.24) is 5.32 Å². The van der Waals surface area contributed by atoms with Crippen LogP contribution < -0.4 is 5.32 Å². The lowest BCUT2D eigenvalue weighted by atomic mass is 10.2. The number of carbonyl (C=O) groups excluding carboxylic acids is 1. The van der Waals surface area contributed by atoms with E-state index in [9.17, 15) is 18.0 Å². The zero-order valence-corrected chi connectivity index (χ0v) is 6.90. The lowest BCUT2D eigenvalue weighted by Crippen LogP contribution is -2.23. The third kappa shape index (κ3) is 4.90. The molecule has 0 atom stereocenters. The molecule has 13 heavy (non-hydrogen) atoms. The van der Waals surface area contributed by atoms with Gasteiger partial charge in [0.25, 0.3) is 0 Å². The Morgan fingerprint density at radius 1 is 1.62 bits per heavy atom. The summed E-state index contributed by atoms with van der Waals surface area (Å²) in [4.78, 5) is 10.7. The largest absolute Gasteiger partial charge is 0.412 e. The molecule has 0 heterocycles. The summed E-state index contributed by atoms with van der Waals surface area (Å²) in [6.45, 7) is 0.732.